The van der Waals surface area contributed by atoms with Crippen LogP contribution >= 0.6 is 22.6 Å². The van der Waals surface area contributed by atoms with Crippen molar-refractivity contribution in [1.29, 1.82) is 0 Å². The van der Waals surface area contributed by atoms with Crippen LogP contribution in [-0.4, -0.2) is 42.6 Å². The minimum Gasteiger partial charge on any atom is -0.490 e. The first kappa shape index (κ1) is 24.6. The third-order valence-electron chi connectivity index (χ3n) is 4.67. The summed E-state index contributed by atoms with van der Waals surface area (Å²) in [5, 5.41) is 2.64. The Labute approximate surface area is 206 Å². The number of halogens is 1. The van der Waals surface area contributed by atoms with Gasteiger partial charge in [0.25, 0.3) is 5.91 Å². The summed E-state index contributed by atoms with van der Waals surface area (Å²) in [7, 11) is 0. The zero-order valence-electron chi connectivity index (χ0n) is 18.6. The van der Waals surface area contributed by atoms with E-state index in [0.717, 1.165) is 11.1 Å². The Kier molecular flexibility index (Phi) is 8.32. The van der Waals surface area contributed by atoms with Crippen LogP contribution in [0.3, 0.4) is 0 Å². The van der Waals surface area contributed by atoms with Gasteiger partial charge >= 0.3 is 12.0 Å². The van der Waals surface area contributed by atoms with Crippen LogP contribution in [0.1, 0.15) is 30.5 Å². The van der Waals surface area contributed by atoms with E-state index in [-0.39, 0.29) is 25.5 Å². The van der Waals surface area contributed by atoms with E-state index in [1.54, 1.807) is 25.1 Å². The molecule has 1 aliphatic rings. The van der Waals surface area contributed by atoms with Gasteiger partial charge in [0.05, 0.1) is 23.3 Å². The van der Waals surface area contributed by atoms with E-state index >= 15 is 0 Å². The SMILES string of the molecule is CCOC(=O)COc1c(I)cc(/C=C2/NC(=O)N(Cc3cccc(C)c3)C2=O)cc1OCC. The highest BCUT2D eigenvalue weighted by atomic mass is 127. The number of aryl methyl sites for hydroxylation is 1. The molecule has 1 saturated heterocycles. The van der Waals surface area contributed by atoms with Crippen molar-refractivity contribution in [3.8, 4) is 11.5 Å². The number of hydrogen-bond acceptors (Lipinski definition) is 6. The van der Waals surface area contributed by atoms with Crippen LogP contribution in [0.5, 0.6) is 11.5 Å². The van der Waals surface area contributed by atoms with Crippen molar-refractivity contribution in [3.63, 3.8) is 0 Å². The summed E-state index contributed by atoms with van der Waals surface area (Å²) in [6, 6.07) is 10.7. The molecule has 3 amide bonds. The molecule has 1 heterocycles. The zero-order valence-corrected chi connectivity index (χ0v) is 20.8. The predicted octanol–water partition coefficient (Wildman–Crippen LogP) is 4.03. The second-order valence-electron chi connectivity index (χ2n) is 7.23. The molecule has 1 N–H and O–H groups in total. The van der Waals surface area contributed by atoms with Crippen LogP contribution in [0.4, 0.5) is 4.79 Å². The van der Waals surface area contributed by atoms with Gasteiger partial charge in [0.15, 0.2) is 18.1 Å². The molecule has 1 aliphatic heterocycles. The maximum Gasteiger partial charge on any atom is 0.344 e. The maximum atomic E-state index is 12.9. The quantitative estimate of drug-likeness (QED) is 0.214. The molecule has 174 valence electrons. The number of nitrogens with zero attached hydrogens (tertiary/aromatic N) is 1. The molecule has 0 aliphatic carbocycles. The van der Waals surface area contributed by atoms with Gasteiger partial charge in [0.1, 0.15) is 5.70 Å². The lowest BCUT2D eigenvalue weighted by Crippen LogP contribution is -2.30. The molecule has 2 aromatic rings. The number of esters is 1. The van der Waals surface area contributed by atoms with Gasteiger partial charge in [-0.15, -0.1) is 0 Å². The molecular formula is C24H25IN2O6. The summed E-state index contributed by atoms with van der Waals surface area (Å²) in [5.74, 6) is -0.0449. The molecule has 0 aromatic heterocycles. The number of urea groups is 1. The van der Waals surface area contributed by atoms with Gasteiger partial charge in [0.2, 0.25) is 0 Å². The highest BCUT2D eigenvalue weighted by Crippen LogP contribution is 2.35. The van der Waals surface area contributed by atoms with Gasteiger partial charge in [-0.2, -0.15) is 0 Å². The number of imide groups is 1. The number of ether oxygens (including phenoxy) is 3. The monoisotopic (exact) mass is 564 g/mol. The first-order chi connectivity index (χ1) is 15.8. The topological polar surface area (TPSA) is 94.2 Å². The van der Waals surface area contributed by atoms with E-state index in [1.807, 2.05) is 38.1 Å². The average molecular weight is 564 g/mol. The molecule has 8 nitrogen and oxygen atoms in total. The third-order valence-corrected chi connectivity index (χ3v) is 5.47. The Bertz CT molecular complexity index is 1100. The molecule has 0 radical (unpaired) electrons. The third kappa shape index (κ3) is 6.25. The molecule has 1 fully saturated rings. The van der Waals surface area contributed by atoms with Crippen LogP contribution in [0.25, 0.3) is 6.08 Å². The Balaban J connectivity index is 1.82. The molecule has 9 heteroatoms. The van der Waals surface area contributed by atoms with E-state index < -0.39 is 17.9 Å². The molecular weight excluding hydrogens is 539 g/mol. The van der Waals surface area contributed by atoms with E-state index in [1.165, 1.54) is 4.90 Å². The fourth-order valence-electron chi connectivity index (χ4n) is 3.28. The first-order valence-electron chi connectivity index (χ1n) is 10.5. The van der Waals surface area contributed by atoms with Gasteiger partial charge in [0, 0.05) is 0 Å². The van der Waals surface area contributed by atoms with Crippen LogP contribution in [0.2, 0.25) is 0 Å². The van der Waals surface area contributed by atoms with Crippen molar-refractivity contribution in [1.82, 2.24) is 10.2 Å². The number of rotatable bonds is 9. The zero-order chi connectivity index (χ0) is 24.0. The van der Waals surface area contributed by atoms with Crippen LogP contribution < -0.4 is 14.8 Å². The fourth-order valence-corrected chi connectivity index (χ4v) is 4.06. The van der Waals surface area contributed by atoms with Crippen LogP contribution in [0.15, 0.2) is 42.1 Å². The van der Waals surface area contributed by atoms with Crippen molar-refractivity contribution in [2.24, 2.45) is 0 Å². The van der Waals surface area contributed by atoms with E-state index in [9.17, 15) is 14.4 Å². The minimum absolute atomic E-state index is 0.172. The number of amides is 3. The Morgan fingerprint density at radius 3 is 2.61 bits per heavy atom. The number of benzene rings is 2. The predicted molar refractivity (Wildman–Crippen MR) is 131 cm³/mol. The van der Waals surface area contributed by atoms with Crippen molar-refractivity contribution < 1.29 is 28.6 Å². The lowest BCUT2D eigenvalue weighted by molar-refractivity contribution is -0.145. The molecule has 0 spiro atoms. The van der Waals surface area contributed by atoms with E-state index in [4.69, 9.17) is 14.2 Å². The molecule has 2 aromatic carbocycles. The molecule has 0 bridgehead atoms. The second kappa shape index (κ2) is 11.2. The lowest BCUT2D eigenvalue weighted by Gasteiger charge is -2.14. The van der Waals surface area contributed by atoms with Crippen LogP contribution in [-0.2, 0) is 20.9 Å². The normalized spacial score (nSPS) is 14.4. The summed E-state index contributed by atoms with van der Waals surface area (Å²) in [4.78, 5) is 38.1. The molecule has 33 heavy (non-hydrogen) atoms. The van der Waals surface area contributed by atoms with Gasteiger partial charge in [-0.3, -0.25) is 9.69 Å². The van der Waals surface area contributed by atoms with Crippen molar-refractivity contribution >= 4 is 46.6 Å². The smallest absolute Gasteiger partial charge is 0.344 e. The maximum absolute atomic E-state index is 12.9. The highest BCUT2D eigenvalue weighted by Gasteiger charge is 2.33. The molecule has 0 saturated carbocycles. The van der Waals surface area contributed by atoms with Crippen molar-refractivity contribution in [3.05, 3.63) is 62.4 Å². The number of hydrogen-bond donors (Lipinski definition) is 1. The molecule has 0 atom stereocenters. The largest absolute Gasteiger partial charge is 0.490 e. The molecule has 3 rings (SSSR count). The number of carbonyl (C=O) groups excluding carboxylic acids is 3. The molecule has 0 unspecified atom stereocenters. The average Bonchev–Trinajstić information content (AvgIpc) is 3.01. The summed E-state index contributed by atoms with van der Waals surface area (Å²) < 4.78 is 16.9. The van der Waals surface area contributed by atoms with E-state index in [0.29, 0.717) is 27.2 Å². The van der Waals surface area contributed by atoms with Crippen molar-refractivity contribution in [2.45, 2.75) is 27.3 Å². The van der Waals surface area contributed by atoms with Gasteiger partial charge in [-0.05, 0) is 72.7 Å². The minimum atomic E-state index is -0.477. The Hall–Kier alpha value is -3.08. The summed E-state index contributed by atoms with van der Waals surface area (Å²) in [6.45, 7) is 6.10. The van der Waals surface area contributed by atoms with Gasteiger partial charge in [-0.25, -0.2) is 9.59 Å². The van der Waals surface area contributed by atoms with Gasteiger partial charge in [-0.1, -0.05) is 29.8 Å². The number of carbonyl (C=O) groups is 3. The van der Waals surface area contributed by atoms with Gasteiger partial charge < -0.3 is 19.5 Å². The highest BCUT2D eigenvalue weighted by molar-refractivity contribution is 14.1. The first-order valence-corrected chi connectivity index (χ1v) is 11.5. The summed E-state index contributed by atoms with van der Waals surface area (Å²) in [5.41, 5.74) is 2.74. The van der Waals surface area contributed by atoms with Crippen molar-refractivity contribution in [2.75, 3.05) is 19.8 Å². The summed E-state index contributed by atoms with van der Waals surface area (Å²) >= 11 is 2.07. The number of nitrogens with one attached hydrogen (secondary N) is 1. The van der Waals surface area contributed by atoms with Crippen LogP contribution in [0, 0.1) is 10.5 Å². The van der Waals surface area contributed by atoms with E-state index in [2.05, 4.69) is 27.9 Å². The summed E-state index contributed by atoms with van der Waals surface area (Å²) in [6.07, 6.45) is 1.59. The Morgan fingerprint density at radius 1 is 1.12 bits per heavy atom. The lowest BCUT2D eigenvalue weighted by atomic mass is 10.1. The Morgan fingerprint density at radius 2 is 1.91 bits per heavy atom. The fraction of sp³-hybridized carbons (Fsp3) is 0.292. The standard InChI is InChI=1S/C24H25IN2O6/c1-4-31-20-12-17(10-18(25)22(20)33-14-21(28)32-5-2)11-19-23(29)27(24(30)26-19)13-16-8-6-7-15(3)9-16/h6-12H,4-5,13-14H2,1-3H3,(H,26,30)/b19-11+. The second-order valence-corrected chi connectivity index (χ2v) is 8.39.